The number of rotatable bonds is 4. The van der Waals surface area contributed by atoms with Crippen molar-refractivity contribution in [1.29, 1.82) is 0 Å². The van der Waals surface area contributed by atoms with Gasteiger partial charge in [0.05, 0.1) is 5.69 Å². The first-order valence-electron chi connectivity index (χ1n) is 9.18. The minimum absolute atomic E-state index is 0.0869. The van der Waals surface area contributed by atoms with Crippen LogP contribution < -0.4 is 5.32 Å². The molecular weight excluding hydrogens is 384 g/mol. The summed E-state index contributed by atoms with van der Waals surface area (Å²) in [5, 5.41) is 7.96. The lowest BCUT2D eigenvalue weighted by Crippen LogP contribution is -2.15. The second-order valence-electron chi connectivity index (χ2n) is 6.79. The highest BCUT2D eigenvalue weighted by molar-refractivity contribution is 6.30. The van der Waals surface area contributed by atoms with Crippen LogP contribution in [0.15, 0.2) is 72.8 Å². The maximum atomic E-state index is 12.9. The molecule has 1 heterocycles. The third-order valence-corrected chi connectivity index (χ3v) is 4.76. The van der Waals surface area contributed by atoms with E-state index in [0.717, 1.165) is 28.1 Å². The van der Waals surface area contributed by atoms with Crippen LogP contribution >= 0.6 is 11.6 Å². The van der Waals surface area contributed by atoms with Crippen molar-refractivity contribution >= 4 is 23.2 Å². The van der Waals surface area contributed by atoms with E-state index in [4.69, 9.17) is 11.6 Å². The maximum Gasteiger partial charge on any atom is 0.295 e. The molecule has 0 saturated carbocycles. The van der Waals surface area contributed by atoms with Crippen molar-refractivity contribution in [2.75, 3.05) is 5.32 Å². The Hall–Kier alpha value is -3.44. The number of aromatic nitrogens is 3. The van der Waals surface area contributed by atoms with E-state index >= 15 is 0 Å². The van der Waals surface area contributed by atoms with Gasteiger partial charge in [-0.2, -0.15) is 0 Å². The Morgan fingerprint density at radius 3 is 2.48 bits per heavy atom. The number of nitrogens with zero attached hydrogens (tertiary/aromatic N) is 3. The van der Waals surface area contributed by atoms with Crippen molar-refractivity contribution in [1.82, 2.24) is 14.8 Å². The molecular formula is C23H19ClN4O. The molecule has 1 N–H and O–H groups in total. The van der Waals surface area contributed by atoms with Crippen LogP contribution in [0, 0.1) is 13.8 Å². The molecule has 0 fully saturated rings. The van der Waals surface area contributed by atoms with E-state index in [1.165, 1.54) is 0 Å². The zero-order valence-electron chi connectivity index (χ0n) is 16.1. The third-order valence-electron chi connectivity index (χ3n) is 4.53. The molecule has 4 aromatic rings. The maximum absolute atomic E-state index is 12.9. The highest BCUT2D eigenvalue weighted by Crippen LogP contribution is 2.23. The van der Waals surface area contributed by atoms with Gasteiger partial charge in [-0.15, -0.1) is 5.10 Å². The molecule has 0 bridgehead atoms. The lowest BCUT2D eigenvalue weighted by atomic mass is 10.1. The van der Waals surface area contributed by atoms with Crippen LogP contribution in [0.5, 0.6) is 0 Å². The quantitative estimate of drug-likeness (QED) is 0.493. The number of anilines is 1. The SMILES string of the molecule is Cc1ccc(NC(=O)c2nc(-c3ccccc3)n(-c3cccc(Cl)c3)n2)c(C)c1. The van der Waals surface area contributed by atoms with E-state index in [2.05, 4.69) is 15.4 Å². The number of halogens is 1. The second kappa shape index (κ2) is 7.89. The molecule has 1 aromatic heterocycles. The Bertz CT molecular complexity index is 1180. The molecule has 0 aliphatic carbocycles. The van der Waals surface area contributed by atoms with Crippen molar-refractivity contribution in [3.05, 3.63) is 94.8 Å². The van der Waals surface area contributed by atoms with Crippen LogP contribution in [-0.4, -0.2) is 20.7 Å². The van der Waals surface area contributed by atoms with E-state index in [0.29, 0.717) is 10.8 Å². The Morgan fingerprint density at radius 2 is 1.76 bits per heavy atom. The predicted molar refractivity (Wildman–Crippen MR) is 116 cm³/mol. The number of carbonyl (C=O) groups excluding carboxylic acids is 1. The zero-order chi connectivity index (χ0) is 20.4. The number of carbonyl (C=O) groups is 1. The van der Waals surface area contributed by atoms with Gasteiger partial charge in [0, 0.05) is 16.3 Å². The van der Waals surface area contributed by atoms with Gasteiger partial charge < -0.3 is 5.32 Å². The highest BCUT2D eigenvalue weighted by atomic mass is 35.5. The number of nitrogens with one attached hydrogen (secondary N) is 1. The predicted octanol–water partition coefficient (Wildman–Crippen LogP) is 5.46. The largest absolute Gasteiger partial charge is 0.319 e. The van der Waals surface area contributed by atoms with Gasteiger partial charge in [-0.25, -0.2) is 9.67 Å². The van der Waals surface area contributed by atoms with Gasteiger partial charge in [-0.3, -0.25) is 4.79 Å². The van der Waals surface area contributed by atoms with Crippen LogP contribution in [0.25, 0.3) is 17.1 Å². The smallest absolute Gasteiger partial charge is 0.295 e. The second-order valence-corrected chi connectivity index (χ2v) is 7.23. The number of amides is 1. The molecule has 0 radical (unpaired) electrons. The molecule has 0 spiro atoms. The first-order valence-corrected chi connectivity index (χ1v) is 9.56. The van der Waals surface area contributed by atoms with E-state index in [1.54, 1.807) is 16.8 Å². The Morgan fingerprint density at radius 1 is 0.966 bits per heavy atom. The molecule has 3 aromatic carbocycles. The monoisotopic (exact) mass is 402 g/mol. The first kappa shape index (κ1) is 18.9. The van der Waals surface area contributed by atoms with Gasteiger partial charge >= 0.3 is 0 Å². The van der Waals surface area contributed by atoms with Crippen molar-refractivity contribution in [2.24, 2.45) is 0 Å². The van der Waals surface area contributed by atoms with Crippen LogP contribution in [0.2, 0.25) is 5.02 Å². The molecule has 29 heavy (non-hydrogen) atoms. The fraction of sp³-hybridized carbons (Fsp3) is 0.0870. The zero-order valence-corrected chi connectivity index (χ0v) is 16.8. The summed E-state index contributed by atoms with van der Waals surface area (Å²) in [6.07, 6.45) is 0. The van der Waals surface area contributed by atoms with Crippen LogP contribution in [-0.2, 0) is 0 Å². The van der Waals surface area contributed by atoms with Crippen LogP contribution in [0.1, 0.15) is 21.7 Å². The molecule has 0 atom stereocenters. The summed E-state index contributed by atoms with van der Waals surface area (Å²) in [6, 6.07) is 22.8. The van der Waals surface area contributed by atoms with Crippen molar-refractivity contribution < 1.29 is 4.79 Å². The highest BCUT2D eigenvalue weighted by Gasteiger charge is 2.19. The summed E-state index contributed by atoms with van der Waals surface area (Å²) < 4.78 is 1.64. The summed E-state index contributed by atoms with van der Waals surface area (Å²) in [5.74, 6) is 0.289. The third kappa shape index (κ3) is 4.05. The number of hydrogen-bond acceptors (Lipinski definition) is 3. The molecule has 6 heteroatoms. The molecule has 0 aliphatic rings. The molecule has 0 unspecified atom stereocenters. The average molecular weight is 403 g/mol. The van der Waals surface area contributed by atoms with E-state index in [9.17, 15) is 4.79 Å². The van der Waals surface area contributed by atoms with Gasteiger partial charge in [-0.1, -0.05) is 65.7 Å². The summed E-state index contributed by atoms with van der Waals surface area (Å²) in [5.41, 5.74) is 4.44. The van der Waals surface area contributed by atoms with Gasteiger partial charge in [0.15, 0.2) is 5.82 Å². The van der Waals surface area contributed by atoms with E-state index < -0.39 is 0 Å². The molecule has 5 nitrogen and oxygen atoms in total. The fourth-order valence-electron chi connectivity index (χ4n) is 3.10. The summed E-state index contributed by atoms with van der Waals surface area (Å²) in [4.78, 5) is 17.4. The Balaban J connectivity index is 1.75. The minimum Gasteiger partial charge on any atom is -0.319 e. The van der Waals surface area contributed by atoms with Gasteiger partial charge in [0.25, 0.3) is 5.91 Å². The number of hydrogen-bond donors (Lipinski definition) is 1. The molecule has 1 amide bonds. The first-order chi connectivity index (χ1) is 14.0. The summed E-state index contributed by atoms with van der Waals surface area (Å²) >= 11 is 6.16. The minimum atomic E-state index is -0.366. The van der Waals surface area contributed by atoms with Gasteiger partial charge in [-0.05, 0) is 43.7 Å². The van der Waals surface area contributed by atoms with Crippen LogP contribution in [0.3, 0.4) is 0 Å². The molecule has 0 saturated heterocycles. The number of benzene rings is 3. The van der Waals surface area contributed by atoms with Crippen molar-refractivity contribution in [3.8, 4) is 17.1 Å². The molecule has 0 aliphatic heterocycles. The normalized spacial score (nSPS) is 10.7. The number of aryl methyl sites for hydroxylation is 2. The van der Waals surface area contributed by atoms with Crippen molar-refractivity contribution in [3.63, 3.8) is 0 Å². The topological polar surface area (TPSA) is 59.8 Å². The molecule has 144 valence electrons. The van der Waals surface area contributed by atoms with Crippen LogP contribution in [0.4, 0.5) is 5.69 Å². The average Bonchev–Trinajstić information content (AvgIpc) is 3.16. The molecule has 4 rings (SSSR count). The van der Waals surface area contributed by atoms with Gasteiger partial charge in [0.2, 0.25) is 5.82 Å². The van der Waals surface area contributed by atoms with Gasteiger partial charge in [0.1, 0.15) is 0 Å². The lowest BCUT2D eigenvalue weighted by Gasteiger charge is -2.07. The van der Waals surface area contributed by atoms with E-state index in [1.807, 2.05) is 74.5 Å². The van der Waals surface area contributed by atoms with Crippen molar-refractivity contribution in [2.45, 2.75) is 13.8 Å². The Kier molecular flexibility index (Phi) is 5.14. The summed E-state index contributed by atoms with van der Waals surface area (Å²) in [6.45, 7) is 3.97. The lowest BCUT2D eigenvalue weighted by molar-refractivity contribution is 0.101. The van der Waals surface area contributed by atoms with E-state index in [-0.39, 0.29) is 11.7 Å². The summed E-state index contributed by atoms with van der Waals surface area (Å²) in [7, 11) is 0. The standard InChI is InChI=1S/C23H19ClN4O/c1-15-11-12-20(16(2)13-15)25-23(29)21-26-22(17-7-4-3-5-8-17)28(27-21)19-10-6-9-18(24)14-19/h3-14H,1-2H3,(H,25,29). The Labute approximate surface area is 174 Å². The fourth-order valence-corrected chi connectivity index (χ4v) is 3.29.